The molecule has 0 aromatic heterocycles. The van der Waals surface area contributed by atoms with Gasteiger partial charge in [0.2, 0.25) is 9.05 Å². The van der Waals surface area contributed by atoms with Crippen LogP contribution in [0.4, 0.5) is 0 Å². The van der Waals surface area contributed by atoms with E-state index in [4.69, 9.17) is 15.4 Å². The van der Waals surface area contributed by atoms with Gasteiger partial charge in [0.25, 0.3) is 0 Å². The molecule has 1 rings (SSSR count). The van der Waals surface area contributed by atoms with Gasteiger partial charge < -0.3 is 4.74 Å². The maximum absolute atomic E-state index is 11.3. The summed E-state index contributed by atoms with van der Waals surface area (Å²) < 4.78 is 29.2. The molecule has 0 saturated heterocycles. The highest BCUT2D eigenvalue weighted by Crippen LogP contribution is 2.28. The van der Waals surface area contributed by atoms with Gasteiger partial charge in [-0.3, -0.25) is 0 Å². The summed E-state index contributed by atoms with van der Waals surface area (Å²) in [6.07, 6.45) is 0. The average Bonchev–Trinajstić information content (AvgIpc) is 2.25. The van der Waals surface area contributed by atoms with Crippen molar-refractivity contribution in [2.45, 2.75) is 27.4 Å². The van der Waals surface area contributed by atoms with E-state index >= 15 is 0 Å². The van der Waals surface area contributed by atoms with Gasteiger partial charge in [0.1, 0.15) is 0 Å². The minimum absolute atomic E-state index is 0.0729. The fourth-order valence-electron chi connectivity index (χ4n) is 1.73. The first-order valence-electron chi connectivity index (χ1n) is 6.32. The van der Waals surface area contributed by atoms with Crippen LogP contribution >= 0.6 is 26.6 Å². The monoisotopic (exact) mass is 382 g/mol. The summed E-state index contributed by atoms with van der Waals surface area (Å²) in [6.45, 7) is 6.78. The van der Waals surface area contributed by atoms with Crippen LogP contribution in [0.3, 0.4) is 0 Å². The molecule has 0 fully saturated rings. The molecule has 0 amide bonds. The summed E-state index contributed by atoms with van der Waals surface area (Å²) in [5.41, 5.74) is 0.861. The number of hydrogen-bond donors (Lipinski definition) is 0. The van der Waals surface area contributed by atoms with Gasteiger partial charge in [0.05, 0.1) is 19.0 Å². The minimum atomic E-state index is -3.52. The number of halogens is 2. The van der Waals surface area contributed by atoms with Gasteiger partial charge in [-0.25, -0.2) is 8.42 Å². The van der Waals surface area contributed by atoms with Gasteiger partial charge >= 0.3 is 0 Å². The van der Waals surface area contributed by atoms with Crippen LogP contribution in [-0.4, -0.2) is 20.8 Å². The second kappa shape index (κ2) is 7.25. The topological polar surface area (TPSA) is 43.4 Å². The standard InChI is InChI=1S/C14H20BrClO3S/c1-14(2,3)12(10-20(16,17)18)9-19-8-11-5-4-6-13(15)7-11/h4-7,12H,8-10H2,1-3H3. The number of hydrogen-bond acceptors (Lipinski definition) is 3. The highest BCUT2D eigenvalue weighted by molar-refractivity contribution is 9.10. The van der Waals surface area contributed by atoms with Crippen LogP contribution in [0, 0.1) is 11.3 Å². The quantitative estimate of drug-likeness (QED) is 0.692. The molecule has 0 spiro atoms. The molecule has 0 heterocycles. The predicted molar refractivity (Wildman–Crippen MR) is 86.4 cm³/mol. The third kappa shape index (κ3) is 7.07. The van der Waals surface area contributed by atoms with E-state index < -0.39 is 9.05 Å². The molecule has 1 unspecified atom stereocenters. The molecule has 0 aliphatic rings. The van der Waals surface area contributed by atoms with Crippen molar-refractivity contribution in [2.24, 2.45) is 11.3 Å². The highest BCUT2D eigenvalue weighted by atomic mass is 79.9. The Balaban J connectivity index is 2.59. The molecule has 0 aliphatic carbocycles. The lowest BCUT2D eigenvalue weighted by Crippen LogP contribution is -2.30. The second-order valence-corrected chi connectivity index (χ2v) is 9.65. The summed E-state index contributed by atoms with van der Waals surface area (Å²) in [7, 11) is 1.84. The van der Waals surface area contributed by atoms with E-state index in [0.717, 1.165) is 10.0 Å². The first-order chi connectivity index (χ1) is 9.08. The van der Waals surface area contributed by atoms with Crippen molar-refractivity contribution < 1.29 is 13.2 Å². The number of benzene rings is 1. The lowest BCUT2D eigenvalue weighted by Gasteiger charge is -2.29. The SMILES string of the molecule is CC(C)(C)C(COCc1cccc(Br)c1)CS(=O)(=O)Cl. The van der Waals surface area contributed by atoms with Crippen molar-refractivity contribution in [3.63, 3.8) is 0 Å². The molecular weight excluding hydrogens is 364 g/mol. The molecule has 3 nitrogen and oxygen atoms in total. The Bertz CT molecular complexity index is 538. The third-order valence-corrected chi connectivity index (χ3v) is 4.77. The van der Waals surface area contributed by atoms with Gasteiger partial charge in [-0.1, -0.05) is 48.8 Å². The fourth-order valence-corrected chi connectivity index (χ4v) is 3.71. The Labute approximate surface area is 134 Å². The minimum Gasteiger partial charge on any atom is -0.376 e. The van der Waals surface area contributed by atoms with Crippen molar-refractivity contribution in [1.29, 1.82) is 0 Å². The average molecular weight is 384 g/mol. The molecule has 0 N–H and O–H groups in total. The number of ether oxygens (including phenoxy) is 1. The van der Waals surface area contributed by atoms with Gasteiger partial charge in [0.15, 0.2) is 0 Å². The normalized spacial score (nSPS) is 14.2. The summed E-state index contributed by atoms with van der Waals surface area (Å²) in [6, 6.07) is 7.83. The summed E-state index contributed by atoms with van der Waals surface area (Å²) >= 11 is 3.40. The second-order valence-electron chi connectivity index (χ2n) is 5.91. The Hall–Kier alpha value is -0.100. The van der Waals surface area contributed by atoms with Crippen LogP contribution in [-0.2, 0) is 20.4 Å². The molecule has 114 valence electrons. The first kappa shape index (κ1) is 18.0. The fraction of sp³-hybridized carbons (Fsp3) is 0.571. The first-order valence-corrected chi connectivity index (χ1v) is 9.59. The maximum Gasteiger partial charge on any atom is 0.232 e. The lowest BCUT2D eigenvalue weighted by atomic mass is 9.82. The summed E-state index contributed by atoms with van der Waals surface area (Å²) in [4.78, 5) is 0. The van der Waals surface area contributed by atoms with E-state index in [1.807, 2.05) is 45.0 Å². The van der Waals surface area contributed by atoms with E-state index in [9.17, 15) is 8.42 Å². The van der Waals surface area contributed by atoms with Gasteiger partial charge in [-0.05, 0) is 23.1 Å². The van der Waals surface area contributed by atoms with Crippen LogP contribution in [0.2, 0.25) is 0 Å². The molecule has 6 heteroatoms. The van der Waals surface area contributed by atoms with Crippen LogP contribution < -0.4 is 0 Å². The van der Waals surface area contributed by atoms with Crippen LogP contribution in [0.15, 0.2) is 28.7 Å². The van der Waals surface area contributed by atoms with Crippen LogP contribution in [0.5, 0.6) is 0 Å². The summed E-state index contributed by atoms with van der Waals surface area (Å²) in [5, 5.41) is 0. The van der Waals surface area contributed by atoms with Crippen molar-refractivity contribution >= 4 is 35.7 Å². The van der Waals surface area contributed by atoms with Crippen molar-refractivity contribution in [1.82, 2.24) is 0 Å². The van der Waals surface area contributed by atoms with Crippen LogP contribution in [0.1, 0.15) is 26.3 Å². The van der Waals surface area contributed by atoms with Crippen molar-refractivity contribution in [3.05, 3.63) is 34.3 Å². The highest BCUT2D eigenvalue weighted by Gasteiger charge is 2.29. The Morgan fingerprint density at radius 2 is 2.00 bits per heavy atom. The molecule has 1 aromatic rings. The largest absolute Gasteiger partial charge is 0.376 e. The predicted octanol–water partition coefficient (Wildman–Crippen LogP) is 4.20. The van der Waals surface area contributed by atoms with Crippen molar-refractivity contribution in [3.8, 4) is 0 Å². The molecule has 0 bridgehead atoms. The van der Waals surface area contributed by atoms with E-state index in [0.29, 0.717) is 13.2 Å². The Morgan fingerprint density at radius 3 is 2.50 bits per heavy atom. The zero-order valence-electron chi connectivity index (χ0n) is 11.9. The number of rotatable bonds is 6. The molecule has 0 radical (unpaired) electrons. The molecule has 1 atom stereocenters. The van der Waals surface area contributed by atoms with E-state index in [1.165, 1.54) is 0 Å². The molecule has 20 heavy (non-hydrogen) atoms. The van der Waals surface area contributed by atoms with Gasteiger partial charge in [-0.2, -0.15) is 0 Å². The van der Waals surface area contributed by atoms with E-state index in [-0.39, 0.29) is 17.1 Å². The molecule has 0 saturated carbocycles. The van der Waals surface area contributed by atoms with Crippen LogP contribution in [0.25, 0.3) is 0 Å². The van der Waals surface area contributed by atoms with Gasteiger partial charge in [0, 0.05) is 21.1 Å². The molecule has 0 aliphatic heterocycles. The molecular formula is C14H20BrClO3S. The maximum atomic E-state index is 11.3. The molecule has 1 aromatic carbocycles. The summed E-state index contributed by atoms with van der Waals surface area (Å²) in [5.74, 6) is -0.214. The van der Waals surface area contributed by atoms with Crippen molar-refractivity contribution in [2.75, 3.05) is 12.4 Å². The Kier molecular flexibility index (Phi) is 6.51. The van der Waals surface area contributed by atoms with E-state index in [1.54, 1.807) is 0 Å². The Morgan fingerprint density at radius 1 is 1.35 bits per heavy atom. The smallest absolute Gasteiger partial charge is 0.232 e. The third-order valence-electron chi connectivity index (χ3n) is 3.10. The van der Waals surface area contributed by atoms with E-state index in [2.05, 4.69) is 15.9 Å². The van der Waals surface area contributed by atoms with Gasteiger partial charge in [-0.15, -0.1) is 0 Å². The lowest BCUT2D eigenvalue weighted by molar-refractivity contribution is 0.0553. The zero-order chi connectivity index (χ0) is 15.4. The zero-order valence-corrected chi connectivity index (χ0v) is 15.1.